The number of pyridine rings is 1. The van der Waals surface area contributed by atoms with Gasteiger partial charge in [0.05, 0.1) is 12.1 Å². The maximum Gasteiger partial charge on any atom is 0.417 e. The number of amides is 1. The van der Waals surface area contributed by atoms with E-state index in [1.165, 1.54) is 12.3 Å². The fourth-order valence-electron chi connectivity index (χ4n) is 1.43. The molecular formula is C12H11F3N4O2. The Labute approximate surface area is 117 Å². The van der Waals surface area contributed by atoms with Crippen LogP contribution in [-0.2, 0) is 6.18 Å². The van der Waals surface area contributed by atoms with Crippen molar-refractivity contribution < 1.29 is 22.7 Å². The standard InChI is InChI=1S/C12H11F3N4O2/c13-12(14,15)8-1-2-10(17-7-8)21-6-5-16-11(20)9-3-4-18-19-9/h1-4,7H,5-6H2,(H,16,20)(H,18,19). The molecule has 0 saturated carbocycles. The summed E-state index contributed by atoms with van der Waals surface area (Å²) < 4.78 is 42.1. The summed E-state index contributed by atoms with van der Waals surface area (Å²) in [5.41, 5.74) is -0.537. The van der Waals surface area contributed by atoms with E-state index in [2.05, 4.69) is 20.5 Å². The summed E-state index contributed by atoms with van der Waals surface area (Å²) in [4.78, 5) is 15.0. The Hall–Kier alpha value is -2.58. The van der Waals surface area contributed by atoms with Gasteiger partial charge in [0, 0.05) is 18.5 Å². The Morgan fingerprint density at radius 1 is 1.33 bits per heavy atom. The number of aromatic nitrogens is 3. The third-order valence-electron chi connectivity index (χ3n) is 2.45. The van der Waals surface area contributed by atoms with Crippen LogP contribution in [0.1, 0.15) is 16.1 Å². The summed E-state index contributed by atoms with van der Waals surface area (Å²) >= 11 is 0. The fraction of sp³-hybridized carbons (Fsp3) is 0.250. The number of hydrogen-bond donors (Lipinski definition) is 2. The third kappa shape index (κ3) is 4.20. The van der Waals surface area contributed by atoms with Crippen molar-refractivity contribution >= 4 is 5.91 Å². The fourth-order valence-corrected chi connectivity index (χ4v) is 1.43. The van der Waals surface area contributed by atoms with Crippen LogP contribution in [0.25, 0.3) is 0 Å². The molecule has 2 aromatic rings. The van der Waals surface area contributed by atoms with E-state index in [0.29, 0.717) is 11.9 Å². The zero-order chi connectivity index (χ0) is 15.3. The van der Waals surface area contributed by atoms with Crippen LogP contribution >= 0.6 is 0 Å². The normalized spacial score (nSPS) is 11.2. The van der Waals surface area contributed by atoms with Crippen molar-refractivity contribution in [1.82, 2.24) is 20.5 Å². The number of nitrogens with zero attached hydrogens (tertiary/aromatic N) is 2. The number of nitrogens with one attached hydrogen (secondary N) is 2. The minimum Gasteiger partial charge on any atom is -0.476 e. The third-order valence-corrected chi connectivity index (χ3v) is 2.45. The molecule has 112 valence electrons. The number of ether oxygens (including phenoxy) is 1. The van der Waals surface area contributed by atoms with Gasteiger partial charge in [0.15, 0.2) is 0 Å². The largest absolute Gasteiger partial charge is 0.476 e. The van der Waals surface area contributed by atoms with E-state index in [1.807, 2.05) is 0 Å². The van der Waals surface area contributed by atoms with Gasteiger partial charge in [-0.05, 0) is 12.1 Å². The first-order valence-electron chi connectivity index (χ1n) is 5.90. The molecule has 0 saturated heterocycles. The van der Waals surface area contributed by atoms with E-state index in [1.54, 1.807) is 0 Å². The average molecular weight is 300 g/mol. The van der Waals surface area contributed by atoms with Gasteiger partial charge in [-0.1, -0.05) is 0 Å². The highest BCUT2D eigenvalue weighted by atomic mass is 19.4. The van der Waals surface area contributed by atoms with Gasteiger partial charge in [-0.15, -0.1) is 0 Å². The van der Waals surface area contributed by atoms with E-state index >= 15 is 0 Å². The Kier molecular flexibility index (Phi) is 4.41. The summed E-state index contributed by atoms with van der Waals surface area (Å²) in [6, 6.07) is 3.51. The van der Waals surface area contributed by atoms with Crippen LogP contribution in [0.3, 0.4) is 0 Å². The second kappa shape index (κ2) is 6.25. The highest BCUT2D eigenvalue weighted by Crippen LogP contribution is 2.29. The van der Waals surface area contributed by atoms with Crippen molar-refractivity contribution in [2.75, 3.05) is 13.2 Å². The number of carbonyl (C=O) groups is 1. The zero-order valence-electron chi connectivity index (χ0n) is 10.6. The Morgan fingerprint density at radius 2 is 2.14 bits per heavy atom. The van der Waals surface area contributed by atoms with Crippen LogP contribution in [-0.4, -0.2) is 34.2 Å². The van der Waals surface area contributed by atoms with Crippen LogP contribution in [0.5, 0.6) is 5.88 Å². The van der Waals surface area contributed by atoms with Crippen LogP contribution in [0, 0.1) is 0 Å². The molecule has 0 aliphatic heterocycles. The zero-order valence-corrected chi connectivity index (χ0v) is 10.6. The van der Waals surface area contributed by atoms with Crippen LogP contribution in [0.2, 0.25) is 0 Å². The molecule has 0 bridgehead atoms. The first-order chi connectivity index (χ1) is 9.97. The van der Waals surface area contributed by atoms with Crippen LogP contribution in [0.4, 0.5) is 13.2 Å². The number of H-pyrrole nitrogens is 1. The highest BCUT2D eigenvalue weighted by Gasteiger charge is 2.30. The lowest BCUT2D eigenvalue weighted by molar-refractivity contribution is -0.137. The van der Waals surface area contributed by atoms with Crippen molar-refractivity contribution in [1.29, 1.82) is 0 Å². The SMILES string of the molecule is O=C(NCCOc1ccc(C(F)(F)F)cn1)c1ccn[nH]1. The number of hydrogen-bond acceptors (Lipinski definition) is 4. The van der Waals surface area contributed by atoms with Crippen LogP contribution in [0.15, 0.2) is 30.6 Å². The van der Waals surface area contributed by atoms with E-state index in [9.17, 15) is 18.0 Å². The molecule has 21 heavy (non-hydrogen) atoms. The minimum atomic E-state index is -4.43. The molecule has 2 heterocycles. The van der Waals surface area contributed by atoms with E-state index in [0.717, 1.165) is 12.1 Å². The van der Waals surface area contributed by atoms with Gasteiger partial charge in [-0.25, -0.2) is 4.98 Å². The lowest BCUT2D eigenvalue weighted by Gasteiger charge is -2.08. The molecule has 2 aromatic heterocycles. The van der Waals surface area contributed by atoms with Crippen molar-refractivity contribution in [3.63, 3.8) is 0 Å². The molecule has 2 rings (SSSR count). The van der Waals surface area contributed by atoms with E-state index in [4.69, 9.17) is 4.74 Å². The highest BCUT2D eigenvalue weighted by molar-refractivity contribution is 5.92. The quantitative estimate of drug-likeness (QED) is 0.823. The maximum atomic E-state index is 12.3. The number of halogens is 3. The maximum absolute atomic E-state index is 12.3. The van der Waals surface area contributed by atoms with Gasteiger partial charge in [0.25, 0.3) is 5.91 Å². The Bertz CT molecular complexity index is 582. The molecule has 0 fully saturated rings. The summed E-state index contributed by atoms with van der Waals surface area (Å²) in [7, 11) is 0. The lowest BCUT2D eigenvalue weighted by Crippen LogP contribution is -2.28. The molecule has 1 amide bonds. The molecule has 0 unspecified atom stereocenters. The first-order valence-corrected chi connectivity index (χ1v) is 5.90. The van der Waals surface area contributed by atoms with Crippen molar-refractivity contribution in [3.05, 3.63) is 41.9 Å². The molecule has 0 atom stereocenters. The van der Waals surface area contributed by atoms with E-state index < -0.39 is 11.7 Å². The molecule has 0 aliphatic carbocycles. The molecular weight excluding hydrogens is 289 g/mol. The van der Waals surface area contributed by atoms with Gasteiger partial charge in [-0.3, -0.25) is 9.89 Å². The van der Waals surface area contributed by atoms with Crippen LogP contribution < -0.4 is 10.1 Å². The number of rotatable bonds is 5. The molecule has 0 radical (unpaired) electrons. The van der Waals surface area contributed by atoms with Gasteiger partial charge < -0.3 is 10.1 Å². The van der Waals surface area contributed by atoms with E-state index in [-0.39, 0.29) is 24.9 Å². The Balaban J connectivity index is 1.75. The summed E-state index contributed by atoms with van der Waals surface area (Å²) in [5, 5.41) is 8.67. The smallest absolute Gasteiger partial charge is 0.417 e. The first kappa shape index (κ1) is 14.8. The van der Waals surface area contributed by atoms with Gasteiger partial charge in [0.2, 0.25) is 5.88 Å². The molecule has 0 aliphatic rings. The van der Waals surface area contributed by atoms with Gasteiger partial charge in [-0.2, -0.15) is 18.3 Å². The van der Waals surface area contributed by atoms with Gasteiger partial charge >= 0.3 is 6.18 Å². The second-order valence-corrected chi connectivity index (χ2v) is 3.96. The van der Waals surface area contributed by atoms with Crippen molar-refractivity contribution in [2.45, 2.75) is 6.18 Å². The molecule has 0 aromatic carbocycles. The summed E-state index contributed by atoms with van der Waals surface area (Å²) in [6.07, 6.45) is -2.29. The predicted octanol–water partition coefficient (Wildman–Crippen LogP) is 1.63. The minimum absolute atomic E-state index is 0.0544. The molecule has 9 heteroatoms. The van der Waals surface area contributed by atoms with Gasteiger partial charge in [0.1, 0.15) is 12.3 Å². The van der Waals surface area contributed by atoms with Crippen molar-refractivity contribution in [2.24, 2.45) is 0 Å². The monoisotopic (exact) mass is 300 g/mol. The summed E-state index contributed by atoms with van der Waals surface area (Å²) in [6.45, 7) is 0.263. The summed E-state index contributed by atoms with van der Waals surface area (Å²) in [5.74, 6) is -0.296. The molecule has 6 nitrogen and oxygen atoms in total. The lowest BCUT2D eigenvalue weighted by atomic mass is 10.3. The number of carbonyl (C=O) groups excluding carboxylic acids is 1. The molecule has 0 spiro atoms. The average Bonchev–Trinajstić information content (AvgIpc) is 2.97. The second-order valence-electron chi connectivity index (χ2n) is 3.96. The number of alkyl halides is 3. The molecule has 2 N–H and O–H groups in total. The Morgan fingerprint density at radius 3 is 2.71 bits per heavy atom. The number of aromatic amines is 1. The topological polar surface area (TPSA) is 79.9 Å². The van der Waals surface area contributed by atoms with Crippen molar-refractivity contribution in [3.8, 4) is 5.88 Å². The predicted molar refractivity (Wildman–Crippen MR) is 65.7 cm³/mol.